The Morgan fingerprint density at radius 3 is 2.82 bits per heavy atom. The monoisotopic (exact) mass is 433 g/mol. The number of rotatable bonds is 4. The van der Waals surface area contributed by atoms with Gasteiger partial charge in [0.05, 0.1) is 17.4 Å². The molecule has 2 aromatic carbocycles. The van der Waals surface area contributed by atoms with E-state index in [1.165, 1.54) is 0 Å². The maximum Gasteiger partial charge on any atom is 0.270 e. The van der Waals surface area contributed by atoms with Gasteiger partial charge < -0.3 is 0 Å². The molecule has 0 atom stereocenters. The van der Waals surface area contributed by atoms with Crippen LogP contribution < -0.4 is 11.0 Å². The van der Waals surface area contributed by atoms with Crippen LogP contribution in [-0.2, 0) is 0 Å². The van der Waals surface area contributed by atoms with E-state index in [1.54, 1.807) is 18.3 Å². The molecule has 9 heteroatoms. The van der Waals surface area contributed by atoms with E-state index in [0.29, 0.717) is 11.3 Å². The zero-order chi connectivity index (χ0) is 19.5. The minimum absolute atomic E-state index is 0.0454. The first-order chi connectivity index (χ1) is 13.7. The van der Waals surface area contributed by atoms with Crippen molar-refractivity contribution >= 4 is 39.0 Å². The number of nitriles is 1. The van der Waals surface area contributed by atoms with E-state index in [9.17, 15) is 10.1 Å². The molecule has 136 valence electrons. The van der Waals surface area contributed by atoms with Gasteiger partial charge in [0.15, 0.2) is 0 Å². The number of halogens is 1. The number of nitrogens with one attached hydrogen (secondary N) is 3. The highest BCUT2D eigenvalue weighted by atomic mass is 79.9. The lowest BCUT2D eigenvalue weighted by Crippen LogP contribution is -2.16. The van der Waals surface area contributed by atoms with Crippen molar-refractivity contribution in [2.75, 3.05) is 5.43 Å². The molecule has 2 aromatic heterocycles. The van der Waals surface area contributed by atoms with Crippen LogP contribution in [0.1, 0.15) is 11.1 Å². The van der Waals surface area contributed by atoms with Crippen LogP contribution in [0, 0.1) is 11.3 Å². The summed E-state index contributed by atoms with van der Waals surface area (Å²) in [5.41, 5.74) is 4.78. The minimum Gasteiger partial charge on any atom is -0.290 e. The number of hydrazone groups is 1. The van der Waals surface area contributed by atoms with E-state index in [0.717, 1.165) is 21.1 Å². The Hall–Kier alpha value is -3.77. The molecule has 0 bridgehead atoms. The third kappa shape index (κ3) is 3.41. The van der Waals surface area contributed by atoms with Crippen molar-refractivity contribution in [2.24, 2.45) is 5.10 Å². The second-order valence-corrected chi connectivity index (χ2v) is 6.59. The molecule has 0 amide bonds. The van der Waals surface area contributed by atoms with Gasteiger partial charge >= 0.3 is 0 Å². The zero-order valence-corrected chi connectivity index (χ0v) is 15.9. The first-order valence-corrected chi connectivity index (χ1v) is 8.97. The molecule has 28 heavy (non-hydrogen) atoms. The summed E-state index contributed by atoms with van der Waals surface area (Å²) in [7, 11) is 0. The van der Waals surface area contributed by atoms with E-state index >= 15 is 0 Å². The topological polar surface area (TPSA) is 123 Å². The van der Waals surface area contributed by atoms with Crippen LogP contribution >= 0.6 is 15.9 Å². The number of benzene rings is 2. The van der Waals surface area contributed by atoms with Crippen LogP contribution in [0.3, 0.4) is 0 Å². The van der Waals surface area contributed by atoms with Crippen LogP contribution in [0.5, 0.6) is 0 Å². The van der Waals surface area contributed by atoms with Crippen molar-refractivity contribution in [3.63, 3.8) is 0 Å². The van der Waals surface area contributed by atoms with E-state index in [2.05, 4.69) is 46.6 Å². The molecular weight excluding hydrogens is 422 g/mol. The number of nitrogens with zero attached hydrogens (tertiary/aromatic N) is 4. The Morgan fingerprint density at radius 1 is 1.21 bits per heavy atom. The second kappa shape index (κ2) is 7.46. The summed E-state index contributed by atoms with van der Waals surface area (Å²) < 4.78 is 0.788. The molecule has 0 saturated heterocycles. The van der Waals surface area contributed by atoms with Gasteiger partial charge in [-0.25, -0.2) is 10.4 Å². The average molecular weight is 434 g/mol. The first kappa shape index (κ1) is 17.6. The number of aromatic nitrogens is 4. The van der Waals surface area contributed by atoms with Gasteiger partial charge in [0.25, 0.3) is 5.56 Å². The smallest absolute Gasteiger partial charge is 0.270 e. The summed E-state index contributed by atoms with van der Waals surface area (Å²) in [4.78, 5) is 19.1. The van der Waals surface area contributed by atoms with Crippen LogP contribution in [0.4, 0.5) is 5.95 Å². The van der Waals surface area contributed by atoms with Crippen LogP contribution in [0.2, 0.25) is 0 Å². The van der Waals surface area contributed by atoms with Gasteiger partial charge in [-0.1, -0.05) is 36.4 Å². The van der Waals surface area contributed by atoms with Crippen molar-refractivity contribution in [1.82, 2.24) is 20.2 Å². The predicted molar refractivity (Wildman–Crippen MR) is 110 cm³/mol. The molecule has 2 heterocycles. The summed E-state index contributed by atoms with van der Waals surface area (Å²) in [6.07, 6.45) is 1.60. The van der Waals surface area contributed by atoms with E-state index in [-0.39, 0.29) is 11.5 Å². The fraction of sp³-hybridized carbons (Fsp3) is 0. The Bertz CT molecular complexity index is 1290. The molecule has 3 N–H and O–H groups in total. The van der Waals surface area contributed by atoms with Gasteiger partial charge in [-0.05, 0) is 33.6 Å². The molecule has 0 aliphatic rings. The molecule has 0 aliphatic heterocycles. The molecule has 0 saturated carbocycles. The Kier molecular flexibility index (Phi) is 4.70. The lowest BCUT2D eigenvalue weighted by Gasteiger charge is -2.05. The number of anilines is 1. The molecule has 0 radical (unpaired) electrons. The van der Waals surface area contributed by atoms with E-state index in [4.69, 9.17) is 0 Å². The van der Waals surface area contributed by atoms with E-state index in [1.807, 2.05) is 42.5 Å². The third-order valence-corrected chi connectivity index (χ3v) is 4.60. The molecule has 0 aliphatic carbocycles. The maximum absolute atomic E-state index is 12.2. The quantitative estimate of drug-likeness (QED) is 0.336. The molecule has 0 spiro atoms. The maximum atomic E-state index is 12.2. The minimum atomic E-state index is -0.530. The lowest BCUT2D eigenvalue weighted by molar-refractivity contribution is 1.08. The normalized spacial score (nSPS) is 11.0. The van der Waals surface area contributed by atoms with Gasteiger partial charge in [-0.2, -0.15) is 15.5 Å². The van der Waals surface area contributed by atoms with Crippen molar-refractivity contribution in [3.8, 4) is 17.3 Å². The number of hydrogen-bond donors (Lipinski definition) is 3. The average Bonchev–Trinajstić information content (AvgIpc) is 3.09. The highest BCUT2D eigenvalue weighted by Gasteiger charge is 2.12. The summed E-state index contributed by atoms with van der Waals surface area (Å²) in [6.45, 7) is 0. The fourth-order valence-electron chi connectivity index (χ4n) is 2.68. The Labute approximate surface area is 167 Å². The molecular formula is C19H12BrN7O. The molecule has 0 fully saturated rings. The third-order valence-electron chi connectivity index (χ3n) is 3.99. The number of hydrogen-bond acceptors (Lipinski definition) is 6. The Morgan fingerprint density at radius 2 is 2.04 bits per heavy atom. The zero-order valence-electron chi connectivity index (χ0n) is 14.3. The summed E-state index contributed by atoms with van der Waals surface area (Å²) in [5.74, 6) is 0.143. The van der Waals surface area contributed by atoms with Crippen LogP contribution in [0.15, 0.2) is 63.0 Å². The predicted octanol–water partition coefficient (Wildman–Crippen LogP) is 3.39. The van der Waals surface area contributed by atoms with Gasteiger partial charge in [-0.3, -0.25) is 14.9 Å². The van der Waals surface area contributed by atoms with Gasteiger partial charge in [0.1, 0.15) is 16.2 Å². The van der Waals surface area contributed by atoms with Crippen molar-refractivity contribution in [2.45, 2.75) is 0 Å². The standard InChI is InChI=1S/C19H12BrN7O/c20-17-13-8-11(6-7-15(13)25-26-17)10-22-27-19-23-16(12-4-2-1-3-5-12)14(9-21)18(28)24-19/h1-8,10H,(H,25,26)(H2,23,24,27,28). The molecule has 4 aromatic rings. The Balaban J connectivity index is 1.63. The van der Waals surface area contributed by atoms with Crippen molar-refractivity contribution in [1.29, 1.82) is 5.26 Å². The molecule has 4 rings (SSSR count). The number of aromatic amines is 2. The van der Waals surface area contributed by atoms with Gasteiger partial charge in [0.2, 0.25) is 5.95 Å². The van der Waals surface area contributed by atoms with Crippen LogP contribution in [0.25, 0.3) is 22.2 Å². The second-order valence-electron chi connectivity index (χ2n) is 5.80. The largest absolute Gasteiger partial charge is 0.290 e. The first-order valence-electron chi connectivity index (χ1n) is 8.18. The van der Waals surface area contributed by atoms with Crippen molar-refractivity contribution in [3.05, 3.63) is 74.6 Å². The fourth-order valence-corrected chi connectivity index (χ4v) is 3.09. The molecule has 8 nitrogen and oxygen atoms in total. The molecule has 0 unspecified atom stereocenters. The van der Waals surface area contributed by atoms with Crippen LogP contribution in [-0.4, -0.2) is 26.4 Å². The van der Waals surface area contributed by atoms with Gasteiger partial charge in [0, 0.05) is 10.9 Å². The summed E-state index contributed by atoms with van der Waals surface area (Å²) in [5, 5.41) is 21.4. The highest BCUT2D eigenvalue weighted by Crippen LogP contribution is 2.22. The van der Waals surface area contributed by atoms with Gasteiger partial charge in [-0.15, -0.1) is 0 Å². The SMILES string of the molecule is N#Cc1c(-c2ccccc2)nc(NN=Cc2ccc3n[nH]c(Br)c3c2)[nH]c1=O. The summed E-state index contributed by atoms with van der Waals surface area (Å²) in [6, 6.07) is 16.6. The van der Waals surface area contributed by atoms with Crippen molar-refractivity contribution < 1.29 is 0 Å². The lowest BCUT2D eigenvalue weighted by atomic mass is 10.1. The number of H-pyrrole nitrogens is 2. The highest BCUT2D eigenvalue weighted by molar-refractivity contribution is 9.10. The number of fused-ring (bicyclic) bond motifs is 1. The van der Waals surface area contributed by atoms with E-state index < -0.39 is 5.56 Å². The summed E-state index contributed by atoms with van der Waals surface area (Å²) >= 11 is 3.40.